The number of anilines is 2. The van der Waals surface area contributed by atoms with Gasteiger partial charge in [0.2, 0.25) is 0 Å². The number of amides is 2. The smallest absolute Gasteiger partial charge is 0.308 e. The zero-order chi connectivity index (χ0) is 15.3. The van der Waals surface area contributed by atoms with E-state index in [0.29, 0.717) is 11.4 Å². The van der Waals surface area contributed by atoms with Crippen molar-refractivity contribution in [3.8, 4) is 0 Å². The second-order valence-corrected chi connectivity index (χ2v) is 4.34. The van der Waals surface area contributed by atoms with Gasteiger partial charge in [0.1, 0.15) is 0 Å². The SMILES string of the molecule is C=CCC(F)(F)c1ccc(NC(=O)Nc2cn[nH]c2)cc1. The minimum atomic E-state index is -2.96. The summed E-state index contributed by atoms with van der Waals surface area (Å²) in [6.45, 7) is 3.31. The van der Waals surface area contributed by atoms with Gasteiger partial charge in [-0.05, 0) is 12.1 Å². The van der Waals surface area contributed by atoms with E-state index in [9.17, 15) is 13.6 Å². The van der Waals surface area contributed by atoms with E-state index >= 15 is 0 Å². The average Bonchev–Trinajstić information content (AvgIpc) is 2.92. The summed E-state index contributed by atoms with van der Waals surface area (Å²) in [5.41, 5.74) is 0.791. The maximum Gasteiger partial charge on any atom is 0.323 e. The molecule has 0 atom stereocenters. The molecule has 0 saturated heterocycles. The van der Waals surface area contributed by atoms with Crippen molar-refractivity contribution in [3.63, 3.8) is 0 Å². The van der Waals surface area contributed by atoms with Gasteiger partial charge in [-0.2, -0.15) is 5.10 Å². The summed E-state index contributed by atoms with van der Waals surface area (Å²) in [6.07, 6.45) is 3.70. The van der Waals surface area contributed by atoms with E-state index < -0.39 is 18.4 Å². The van der Waals surface area contributed by atoms with Crippen molar-refractivity contribution in [3.05, 3.63) is 54.9 Å². The summed E-state index contributed by atoms with van der Waals surface area (Å²) in [4.78, 5) is 11.6. The van der Waals surface area contributed by atoms with Gasteiger partial charge in [-0.1, -0.05) is 18.2 Å². The lowest BCUT2D eigenvalue weighted by Crippen LogP contribution is -2.19. The highest BCUT2D eigenvalue weighted by Gasteiger charge is 2.29. The van der Waals surface area contributed by atoms with Gasteiger partial charge in [0.15, 0.2) is 0 Å². The lowest BCUT2D eigenvalue weighted by molar-refractivity contribution is -0.000830. The van der Waals surface area contributed by atoms with Crippen LogP contribution in [0.2, 0.25) is 0 Å². The molecule has 5 nitrogen and oxygen atoms in total. The van der Waals surface area contributed by atoms with Crippen molar-refractivity contribution in [2.75, 3.05) is 10.6 Å². The number of benzene rings is 1. The Morgan fingerprint density at radius 3 is 2.52 bits per heavy atom. The molecule has 0 fully saturated rings. The molecule has 110 valence electrons. The Bertz CT molecular complexity index is 608. The number of alkyl halides is 2. The molecule has 0 aliphatic rings. The molecule has 1 heterocycles. The summed E-state index contributed by atoms with van der Waals surface area (Å²) in [7, 11) is 0. The van der Waals surface area contributed by atoms with Crippen LogP contribution in [0.5, 0.6) is 0 Å². The topological polar surface area (TPSA) is 69.8 Å². The van der Waals surface area contributed by atoms with Crippen molar-refractivity contribution in [1.82, 2.24) is 10.2 Å². The highest BCUT2D eigenvalue weighted by Crippen LogP contribution is 2.32. The predicted octanol–water partition coefficient (Wildman–Crippen LogP) is 3.72. The van der Waals surface area contributed by atoms with E-state index in [4.69, 9.17) is 0 Å². The number of allylic oxidation sites excluding steroid dienone is 1. The number of hydrogen-bond donors (Lipinski definition) is 3. The van der Waals surface area contributed by atoms with Crippen molar-refractivity contribution >= 4 is 17.4 Å². The highest BCUT2D eigenvalue weighted by atomic mass is 19.3. The zero-order valence-corrected chi connectivity index (χ0v) is 11.1. The molecule has 0 radical (unpaired) electrons. The lowest BCUT2D eigenvalue weighted by Gasteiger charge is -2.15. The molecule has 0 saturated carbocycles. The van der Waals surface area contributed by atoms with Crippen molar-refractivity contribution < 1.29 is 13.6 Å². The largest absolute Gasteiger partial charge is 0.323 e. The minimum absolute atomic E-state index is 0.122. The van der Waals surface area contributed by atoms with Gasteiger partial charge in [0.25, 0.3) is 5.92 Å². The van der Waals surface area contributed by atoms with Crippen LogP contribution in [0.4, 0.5) is 25.0 Å². The Kier molecular flexibility index (Phi) is 4.32. The first-order valence-electron chi connectivity index (χ1n) is 6.17. The van der Waals surface area contributed by atoms with Crippen LogP contribution in [-0.4, -0.2) is 16.2 Å². The maximum atomic E-state index is 13.6. The normalized spacial score (nSPS) is 11.0. The van der Waals surface area contributed by atoms with Crippen molar-refractivity contribution in [2.45, 2.75) is 12.3 Å². The third-order valence-electron chi connectivity index (χ3n) is 2.72. The summed E-state index contributed by atoms with van der Waals surface area (Å²) < 4.78 is 27.2. The van der Waals surface area contributed by atoms with E-state index in [2.05, 4.69) is 27.4 Å². The molecule has 2 rings (SSSR count). The molecule has 0 aliphatic carbocycles. The summed E-state index contributed by atoms with van der Waals surface area (Å²) in [5.74, 6) is -2.96. The fourth-order valence-corrected chi connectivity index (χ4v) is 1.71. The van der Waals surface area contributed by atoms with Gasteiger partial charge in [-0.15, -0.1) is 6.58 Å². The molecule has 0 spiro atoms. The van der Waals surface area contributed by atoms with Gasteiger partial charge in [-0.25, -0.2) is 13.6 Å². The first-order valence-corrected chi connectivity index (χ1v) is 6.17. The van der Waals surface area contributed by atoms with Crippen LogP contribution >= 0.6 is 0 Å². The average molecular weight is 292 g/mol. The lowest BCUT2D eigenvalue weighted by atomic mass is 10.1. The quantitative estimate of drug-likeness (QED) is 0.735. The van der Waals surface area contributed by atoms with E-state index in [0.717, 1.165) is 0 Å². The third-order valence-corrected chi connectivity index (χ3v) is 2.72. The number of rotatable bonds is 5. The number of aromatic nitrogens is 2. The van der Waals surface area contributed by atoms with E-state index in [1.165, 1.54) is 42.7 Å². The monoisotopic (exact) mass is 292 g/mol. The van der Waals surface area contributed by atoms with Crippen LogP contribution in [0, 0.1) is 0 Å². The van der Waals surface area contributed by atoms with Crippen LogP contribution in [-0.2, 0) is 5.92 Å². The maximum absolute atomic E-state index is 13.6. The summed E-state index contributed by atoms with van der Waals surface area (Å²) in [6, 6.07) is 4.90. The molecule has 2 amide bonds. The number of halogens is 2. The minimum Gasteiger partial charge on any atom is -0.308 e. The molecule has 7 heteroatoms. The molecular weight excluding hydrogens is 278 g/mol. The first kappa shape index (κ1) is 14.7. The predicted molar refractivity (Wildman–Crippen MR) is 76.4 cm³/mol. The Morgan fingerprint density at radius 2 is 1.95 bits per heavy atom. The number of nitrogens with one attached hydrogen (secondary N) is 3. The molecule has 1 aromatic carbocycles. The molecule has 0 bridgehead atoms. The molecule has 21 heavy (non-hydrogen) atoms. The van der Waals surface area contributed by atoms with Gasteiger partial charge < -0.3 is 10.6 Å². The van der Waals surface area contributed by atoms with Gasteiger partial charge >= 0.3 is 6.03 Å². The highest BCUT2D eigenvalue weighted by molar-refractivity contribution is 5.99. The Morgan fingerprint density at radius 1 is 1.29 bits per heavy atom. The van der Waals surface area contributed by atoms with Crippen LogP contribution in [0.3, 0.4) is 0 Å². The van der Waals surface area contributed by atoms with Crippen LogP contribution in [0.25, 0.3) is 0 Å². The number of carbonyl (C=O) groups excluding carboxylic acids is 1. The Balaban J connectivity index is 1.99. The van der Waals surface area contributed by atoms with Crippen LogP contribution < -0.4 is 10.6 Å². The van der Waals surface area contributed by atoms with Gasteiger partial charge in [-0.3, -0.25) is 5.10 Å². The number of urea groups is 1. The van der Waals surface area contributed by atoms with Crippen LogP contribution in [0.15, 0.2) is 49.3 Å². The molecular formula is C14H14F2N4O. The third kappa shape index (κ3) is 3.88. The molecule has 0 aliphatic heterocycles. The number of nitrogens with zero attached hydrogens (tertiary/aromatic N) is 1. The van der Waals surface area contributed by atoms with E-state index in [1.807, 2.05) is 0 Å². The van der Waals surface area contributed by atoms with Gasteiger partial charge in [0, 0.05) is 23.9 Å². The van der Waals surface area contributed by atoms with E-state index in [-0.39, 0.29) is 5.56 Å². The molecule has 0 unspecified atom stereocenters. The number of aromatic amines is 1. The van der Waals surface area contributed by atoms with Gasteiger partial charge in [0.05, 0.1) is 11.9 Å². The van der Waals surface area contributed by atoms with E-state index in [1.54, 1.807) is 0 Å². The fraction of sp³-hybridized carbons (Fsp3) is 0.143. The Labute approximate surface area is 120 Å². The number of H-pyrrole nitrogens is 1. The van der Waals surface area contributed by atoms with Crippen molar-refractivity contribution in [1.29, 1.82) is 0 Å². The first-order chi connectivity index (χ1) is 10.0. The van der Waals surface area contributed by atoms with Crippen LogP contribution in [0.1, 0.15) is 12.0 Å². The zero-order valence-electron chi connectivity index (χ0n) is 11.1. The molecule has 2 aromatic rings. The Hall–Kier alpha value is -2.70. The molecule has 3 N–H and O–H groups in total. The second-order valence-electron chi connectivity index (χ2n) is 4.34. The summed E-state index contributed by atoms with van der Waals surface area (Å²) in [5, 5.41) is 11.3. The summed E-state index contributed by atoms with van der Waals surface area (Å²) >= 11 is 0. The second kappa shape index (κ2) is 6.17. The number of hydrogen-bond acceptors (Lipinski definition) is 2. The number of carbonyl (C=O) groups is 1. The molecule has 1 aromatic heterocycles. The standard InChI is InChI=1S/C14H14F2N4O/c1-2-7-14(15,16)10-3-5-11(6-4-10)19-13(21)20-12-8-17-18-9-12/h2-6,8-9H,1,7H2,(H,17,18)(H2,19,20,21). The fourth-order valence-electron chi connectivity index (χ4n) is 1.71. The van der Waals surface area contributed by atoms with Crippen molar-refractivity contribution in [2.24, 2.45) is 0 Å².